The van der Waals surface area contributed by atoms with Crippen molar-refractivity contribution in [1.82, 2.24) is 0 Å². The summed E-state index contributed by atoms with van der Waals surface area (Å²) < 4.78 is 22.3. The summed E-state index contributed by atoms with van der Waals surface area (Å²) in [5, 5.41) is 11.2. The van der Waals surface area contributed by atoms with Crippen LogP contribution in [0.2, 0.25) is 10.0 Å². The van der Waals surface area contributed by atoms with Crippen molar-refractivity contribution in [2.45, 2.75) is 40.7 Å². The molecule has 2 rings (SSSR count). The average Bonchev–Trinajstić information content (AvgIpc) is 2.80. The summed E-state index contributed by atoms with van der Waals surface area (Å²) in [5.41, 5.74) is 0.502. The van der Waals surface area contributed by atoms with Crippen molar-refractivity contribution in [2.75, 3.05) is 31.7 Å². The first kappa shape index (κ1) is 28.2. The normalized spacial score (nSPS) is 11.7. The molecule has 1 amide bonds. The molecular weight excluding hydrogens is 497 g/mol. The molecule has 1 N–H and O–H groups in total. The fourth-order valence-corrected chi connectivity index (χ4v) is 3.38. The molecule has 0 saturated carbocycles. The first-order chi connectivity index (χ1) is 16.8. The van der Waals surface area contributed by atoms with Gasteiger partial charge in [-0.15, -0.1) is 0 Å². The highest BCUT2D eigenvalue weighted by atomic mass is 35.5. The number of ether oxygens (including phenoxy) is 4. The zero-order valence-electron chi connectivity index (χ0n) is 20.3. The van der Waals surface area contributed by atoms with Crippen LogP contribution in [0.15, 0.2) is 34.5 Å². The van der Waals surface area contributed by atoms with E-state index in [0.717, 1.165) is 0 Å². The van der Waals surface area contributed by atoms with Crippen LogP contribution < -0.4 is 24.3 Å². The van der Waals surface area contributed by atoms with E-state index in [-0.39, 0.29) is 22.1 Å². The van der Waals surface area contributed by atoms with Crippen LogP contribution in [0, 0.1) is 0 Å². The van der Waals surface area contributed by atoms with Gasteiger partial charge >= 0.3 is 0 Å². The Kier molecular flexibility index (Phi) is 11.1. The lowest BCUT2D eigenvalue weighted by Gasteiger charge is -2.18. The van der Waals surface area contributed by atoms with Crippen LogP contribution in [0.5, 0.6) is 23.0 Å². The van der Waals surface area contributed by atoms with Crippen LogP contribution in [0.25, 0.3) is 0 Å². The Morgan fingerprint density at radius 2 is 1.43 bits per heavy atom. The zero-order chi connectivity index (χ0) is 26.0. The maximum atomic E-state index is 13.0. The molecule has 0 spiro atoms. The van der Waals surface area contributed by atoms with E-state index in [2.05, 4.69) is 15.5 Å². The van der Waals surface area contributed by atoms with E-state index in [1.54, 1.807) is 32.0 Å². The van der Waals surface area contributed by atoms with E-state index in [1.807, 2.05) is 13.8 Å². The number of hydrogen-bond acceptors (Lipinski definition) is 8. The molecule has 0 aromatic heterocycles. The number of anilines is 1. The minimum absolute atomic E-state index is 0.220. The second-order valence-electron chi connectivity index (χ2n) is 6.95. The molecule has 190 valence electrons. The molecule has 0 aliphatic heterocycles. The molecule has 0 aliphatic carbocycles. The van der Waals surface area contributed by atoms with Crippen molar-refractivity contribution in [3.63, 3.8) is 0 Å². The maximum Gasteiger partial charge on any atom is 0.258 e. The number of rotatable bonds is 13. The molecule has 0 fully saturated rings. The van der Waals surface area contributed by atoms with Crippen LogP contribution in [0.4, 0.5) is 11.4 Å². The van der Waals surface area contributed by atoms with Crippen LogP contribution in [0.1, 0.15) is 34.6 Å². The third kappa shape index (κ3) is 7.47. The van der Waals surface area contributed by atoms with Crippen LogP contribution in [0.3, 0.4) is 0 Å². The highest BCUT2D eigenvalue weighted by Gasteiger charge is 2.26. The lowest BCUT2D eigenvalue weighted by atomic mass is 10.2. The van der Waals surface area contributed by atoms with Gasteiger partial charge in [0.25, 0.3) is 5.91 Å². The first-order valence-corrected chi connectivity index (χ1v) is 11.9. The van der Waals surface area contributed by atoms with Gasteiger partial charge in [0, 0.05) is 12.1 Å². The number of azo groups is 1. The molecule has 2 aromatic carbocycles. The molecule has 0 heterocycles. The topological polar surface area (TPSA) is 108 Å². The predicted molar refractivity (Wildman–Crippen MR) is 135 cm³/mol. The molecule has 9 nitrogen and oxygen atoms in total. The fourth-order valence-electron chi connectivity index (χ4n) is 2.98. The molecule has 2 aromatic rings. The Bertz CT molecular complexity index is 1080. The molecule has 35 heavy (non-hydrogen) atoms. The third-order valence-corrected chi connectivity index (χ3v) is 5.03. The van der Waals surface area contributed by atoms with Crippen LogP contribution in [-0.4, -0.2) is 44.2 Å². The second-order valence-corrected chi connectivity index (χ2v) is 7.77. The summed E-state index contributed by atoms with van der Waals surface area (Å²) in [5.74, 6) is 0.192. The Morgan fingerprint density at radius 3 is 2.00 bits per heavy atom. The van der Waals surface area contributed by atoms with Gasteiger partial charge in [-0.3, -0.25) is 9.59 Å². The molecule has 0 radical (unpaired) electrons. The van der Waals surface area contributed by atoms with Crippen molar-refractivity contribution in [1.29, 1.82) is 0 Å². The van der Waals surface area contributed by atoms with Crippen LogP contribution in [-0.2, 0) is 9.59 Å². The Hall–Kier alpha value is -3.04. The predicted octanol–water partition coefficient (Wildman–Crippen LogP) is 6.27. The van der Waals surface area contributed by atoms with Gasteiger partial charge in [0.1, 0.15) is 5.69 Å². The number of carbonyl (C=O) groups excluding carboxylic acids is 2. The number of hydrogen-bond donors (Lipinski definition) is 1. The molecule has 1 atom stereocenters. The van der Waals surface area contributed by atoms with Gasteiger partial charge < -0.3 is 24.3 Å². The Labute approximate surface area is 214 Å². The third-order valence-electron chi connectivity index (χ3n) is 4.43. The van der Waals surface area contributed by atoms with Crippen molar-refractivity contribution in [3.05, 3.63) is 34.3 Å². The minimum atomic E-state index is -1.44. The van der Waals surface area contributed by atoms with Gasteiger partial charge in [-0.25, -0.2) is 0 Å². The van der Waals surface area contributed by atoms with E-state index in [9.17, 15) is 9.59 Å². The highest BCUT2D eigenvalue weighted by Crippen LogP contribution is 2.42. The van der Waals surface area contributed by atoms with Gasteiger partial charge in [0.15, 0.2) is 28.8 Å². The van der Waals surface area contributed by atoms with Gasteiger partial charge in [0.05, 0.1) is 42.2 Å². The van der Waals surface area contributed by atoms with Crippen molar-refractivity contribution < 1.29 is 28.5 Å². The monoisotopic (exact) mass is 525 g/mol. The Morgan fingerprint density at radius 1 is 0.857 bits per heavy atom. The standard InChI is InChI=1S/C24H29Cl2N3O6/c1-6-32-19-12-16(26)18(13-20(19)33-7-2)28-29-21(14(5)30)24(31)27-17-11-10-15(25)22(34-8-3)23(17)35-9-4/h10-13,21H,6-9H2,1-5H3,(H,27,31). The first-order valence-electron chi connectivity index (χ1n) is 11.2. The second kappa shape index (κ2) is 13.7. The SMILES string of the molecule is CCOc1cc(Cl)c(N=NC(C(C)=O)C(=O)Nc2ccc(Cl)c(OCC)c2OCC)cc1OCC. The zero-order valence-corrected chi connectivity index (χ0v) is 21.8. The molecule has 1 unspecified atom stereocenters. The van der Waals surface area contributed by atoms with E-state index < -0.39 is 17.7 Å². The lowest BCUT2D eigenvalue weighted by molar-refractivity contribution is -0.126. The van der Waals surface area contributed by atoms with Gasteiger partial charge in [-0.1, -0.05) is 23.2 Å². The van der Waals surface area contributed by atoms with E-state index in [4.69, 9.17) is 42.1 Å². The number of benzene rings is 2. The number of halogens is 2. The summed E-state index contributed by atoms with van der Waals surface area (Å²) in [6.07, 6.45) is 0. The fraction of sp³-hybridized carbons (Fsp3) is 0.417. The summed E-state index contributed by atoms with van der Waals surface area (Å²) in [4.78, 5) is 25.2. The van der Waals surface area contributed by atoms with Gasteiger partial charge in [-0.2, -0.15) is 10.2 Å². The summed E-state index contributed by atoms with van der Waals surface area (Å²) in [6.45, 7) is 9.94. The number of carbonyl (C=O) groups is 2. The quantitative estimate of drug-likeness (QED) is 0.244. The average molecular weight is 526 g/mol. The number of Topliss-reactive ketones (excluding diaryl/α,β-unsaturated/α-hetero) is 1. The van der Waals surface area contributed by atoms with Gasteiger partial charge in [-0.05, 0) is 46.8 Å². The molecule has 0 saturated heterocycles. The molecule has 0 aliphatic rings. The molecular formula is C24H29Cl2N3O6. The number of ketones is 1. The van der Waals surface area contributed by atoms with E-state index >= 15 is 0 Å². The van der Waals surface area contributed by atoms with E-state index in [0.29, 0.717) is 48.7 Å². The van der Waals surface area contributed by atoms with Crippen LogP contribution >= 0.6 is 23.2 Å². The lowest BCUT2D eigenvalue weighted by Crippen LogP contribution is -2.32. The summed E-state index contributed by atoms with van der Waals surface area (Å²) >= 11 is 12.5. The van der Waals surface area contributed by atoms with Crippen molar-refractivity contribution in [2.24, 2.45) is 10.2 Å². The Balaban J connectivity index is 2.36. The molecule has 0 bridgehead atoms. The number of nitrogens with zero attached hydrogens (tertiary/aromatic N) is 2. The minimum Gasteiger partial charge on any atom is -0.490 e. The largest absolute Gasteiger partial charge is 0.490 e. The van der Waals surface area contributed by atoms with Crippen molar-refractivity contribution >= 4 is 46.3 Å². The summed E-state index contributed by atoms with van der Waals surface area (Å²) in [7, 11) is 0. The smallest absolute Gasteiger partial charge is 0.258 e. The van der Waals surface area contributed by atoms with E-state index in [1.165, 1.54) is 13.0 Å². The van der Waals surface area contributed by atoms with Crippen molar-refractivity contribution in [3.8, 4) is 23.0 Å². The number of amides is 1. The summed E-state index contributed by atoms with van der Waals surface area (Å²) in [6, 6.07) is 4.76. The number of nitrogens with one attached hydrogen (secondary N) is 1. The van der Waals surface area contributed by atoms with Gasteiger partial charge in [0.2, 0.25) is 6.04 Å². The maximum absolute atomic E-state index is 13.0. The molecule has 11 heteroatoms. The highest BCUT2D eigenvalue weighted by molar-refractivity contribution is 6.33.